The molecule has 0 saturated heterocycles. The summed E-state index contributed by atoms with van der Waals surface area (Å²) in [5.41, 5.74) is 0.576. The molecule has 3 heteroatoms. The summed E-state index contributed by atoms with van der Waals surface area (Å²) in [6, 6.07) is 8.30. The van der Waals surface area contributed by atoms with Crippen molar-refractivity contribution in [2.75, 3.05) is 13.6 Å². The number of nitrogens with one attached hydrogen (secondary N) is 1. The van der Waals surface area contributed by atoms with E-state index in [-0.39, 0.29) is 0 Å². The largest absolute Gasteiger partial charge is 0.390 e. The van der Waals surface area contributed by atoms with E-state index in [1.54, 1.807) is 0 Å². The Kier molecular flexibility index (Phi) is 5.02. The van der Waals surface area contributed by atoms with Gasteiger partial charge in [0.15, 0.2) is 0 Å². The number of hydrogen-bond donors (Lipinski definition) is 2. The molecule has 0 saturated carbocycles. The van der Waals surface area contributed by atoms with Gasteiger partial charge < -0.3 is 10.4 Å². The van der Waals surface area contributed by atoms with Crippen molar-refractivity contribution in [3.63, 3.8) is 0 Å². The zero-order chi connectivity index (χ0) is 11.3. The number of halogens is 1. The van der Waals surface area contributed by atoms with Crippen molar-refractivity contribution in [1.29, 1.82) is 0 Å². The fourth-order valence-electron chi connectivity index (χ4n) is 1.52. The highest BCUT2D eigenvalue weighted by atomic mass is 127. The maximum atomic E-state index is 10.1. The maximum absolute atomic E-state index is 10.1. The third-order valence-corrected chi connectivity index (χ3v) is 3.13. The van der Waals surface area contributed by atoms with Crippen molar-refractivity contribution in [3.05, 3.63) is 33.4 Å². The maximum Gasteiger partial charge on any atom is 0.0672 e. The topological polar surface area (TPSA) is 32.3 Å². The molecular weight excluding hydrogens is 301 g/mol. The van der Waals surface area contributed by atoms with Crippen LogP contribution in [0.15, 0.2) is 24.3 Å². The van der Waals surface area contributed by atoms with Gasteiger partial charge in [0.25, 0.3) is 0 Å². The predicted molar refractivity (Wildman–Crippen MR) is 72.0 cm³/mol. The molecule has 0 amide bonds. The Morgan fingerprint density at radius 1 is 1.33 bits per heavy atom. The van der Waals surface area contributed by atoms with Gasteiger partial charge >= 0.3 is 0 Å². The molecule has 0 aliphatic heterocycles. The van der Waals surface area contributed by atoms with Gasteiger partial charge in [-0.1, -0.05) is 12.1 Å². The lowest BCUT2D eigenvalue weighted by atomic mass is 9.93. The second kappa shape index (κ2) is 5.82. The Balaban J connectivity index is 2.56. The van der Waals surface area contributed by atoms with E-state index in [9.17, 15) is 5.11 Å². The van der Waals surface area contributed by atoms with Crippen LogP contribution >= 0.6 is 22.6 Å². The van der Waals surface area contributed by atoms with Gasteiger partial charge in [-0.3, -0.25) is 0 Å². The molecule has 0 aliphatic rings. The van der Waals surface area contributed by atoms with Gasteiger partial charge in [-0.15, -0.1) is 0 Å². The van der Waals surface area contributed by atoms with Gasteiger partial charge in [0.1, 0.15) is 0 Å². The molecule has 0 spiro atoms. The summed E-state index contributed by atoms with van der Waals surface area (Å²) >= 11 is 2.28. The van der Waals surface area contributed by atoms with Crippen molar-refractivity contribution < 1.29 is 5.11 Å². The van der Waals surface area contributed by atoms with Crippen LogP contribution in [-0.2, 0) is 6.42 Å². The Bertz CT molecular complexity index is 295. The molecule has 2 nitrogen and oxygen atoms in total. The lowest BCUT2D eigenvalue weighted by Gasteiger charge is -2.23. The molecule has 0 bridgehead atoms. The lowest BCUT2D eigenvalue weighted by molar-refractivity contribution is 0.0520. The Morgan fingerprint density at radius 3 is 2.47 bits per heavy atom. The van der Waals surface area contributed by atoms with Crippen molar-refractivity contribution >= 4 is 22.6 Å². The van der Waals surface area contributed by atoms with Crippen molar-refractivity contribution in [2.45, 2.75) is 25.4 Å². The van der Waals surface area contributed by atoms with E-state index in [1.165, 1.54) is 9.13 Å². The van der Waals surface area contributed by atoms with E-state index in [1.807, 2.05) is 14.0 Å². The van der Waals surface area contributed by atoms with Crippen molar-refractivity contribution in [1.82, 2.24) is 5.32 Å². The average Bonchev–Trinajstić information content (AvgIpc) is 2.18. The van der Waals surface area contributed by atoms with Crippen LogP contribution in [-0.4, -0.2) is 24.3 Å². The van der Waals surface area contributed by atoms with Crippen LogP contribution in [0, 0.1) is 3.57 Å². The normalized spacial score (nSPS) is 14.9. The SMILES string of the molecule is CNCCC(C)(O)Cc1ccc(I)cc1. The Hall–Kier alpha value is -0.130. The summed E-state index contributed by atoms with van der Waals surface area (Å²) < 4.78 is 1.23. The molecule has 15 heavy (non-hydrogen) atoms. The minimum absolute atomic E-state index is 0.615. The summed E-state index contributed by atoms with van der Waals surface area (Å²) in [6.07, 6.45) is 1.49. The van der Waals surface area contributed by atoms with Crippen LogP contribution in [0.1, 0.15) is 18.9 Å². The average molecular weight is 319 g/mol. The number of rotatable bonds is 5. The minimum Gasteiger partial charge on any atom is -0.390 e. The molecule has 2 N–H and O–H groups in total. The van der Waals surface area contributed by atoms with E-state index in [2.05, 4.69) is 52.2 Å². The Labute approximate surface area is 105 Å². The first-order valence-electron chi connectivity index (χ1n) is 5.15. The minimum atomic E-state index is -0.615. The molecule has 1 atom stereocenters. The highest BCUT2D eigenvalue weighted by Gasteiger charge is 2.19. The molecule has 0 heterocycles. The molecule has 0 aliphatic carbocycles. The fraction of sp³-hybridized carbons (Fsp3) is 0.500. The molecule has 1 aromatic rings. The van der Waals surface area contributed by atoms with Crippen molar-refractivity contribution in [3.8, 4) is 0 Å². The third kappa shape index (κ3) is 4.95. The second-order valence-electron chi connectivity index (χ2n) is 4.15. The standard InChI is InChI=1S/C12H18INO/c1-12(15,7-8-14-2)9-10-3-5-11(13)6-4-10/h3-6,14-15H,7-9H2,1-2H3. The van der Waals surface area contributed by atoms with Gasteiger partial charge in [-0.25, -0.2) is 0 Å². The summed E-state index contributed by atoms with van der Waals surface area (Å²) in [4.78, 5) is 0. The van der Waals surface area contributed by atoms with Gasteiger partial charge in [0, 0.05) is 9.99 Å². The van der Waals surface area contributed by atoms with Crippen LogP contribution < -0.4 is 5.32 Å². The highest BCUT2D eigenvalue weighted by Crippen LogP contribution is 2.17. The fourth-order valence-corrected chi connectivity index (χ4v) is 1.88. The molecular formula is C12H18INO. The van der Waals surface area contributed by atoms with E-state index in [0.29, 0.717) is 6.42 Å². The van der Waals surface area contributed by atoms with Crippen LogP contribution in [0.25, 0.3) is 0 Å². The van der Waals surface area contributed by atoms with E-state index >= 15 is 0 Å². The zero-order valence-corrected chi connectivity index (χ0v) is 11.4. The van der Waals surface area contributed by atoms with Gasteiger partial charge in [-0.05, 0) is 67.2 Å². The zero-order valence-electron chi connectivity index (χ0n) is 9.26. The summed E-state index contributed by atoms with van der Waals surface area (Å²) in [5.74, 6) is 0. The molecule has 84 valence electrons. The highest BCUT2D eigenvalue weighted by molar-refractivity contribution is 14.1. The predicted octanol–water partition coefficient (Wildman–Crippen LogP) is 2.19. The first-order valence-corrected chi connectivity index (χ1v) is 6.23. The summed E-state index contributed by atoms with van der Waals surface area (Å²) in [6.45, 7) is 2.74. The Morgan fingerprint density at radius 2 is 1.93 bits per heavy atom. The first-order chi connectivity index (χ1) is 7.03. The van der Waals surface area contributed by atoms with E-state index in [0.717, 1.165) is 13.0 Å². The lowest BCUT2D eigenvalue weighted by Crippen LogP contribution is -2.31. The number of benzene rings is 1. The van der Waals surface area contributed by atoms with Gasteiger partial charge in [0.05, 0.1) is 5.60 Å². The monoisotopic (exact) mass is 319 g/mol. The van der Waals surface area contributed by atoms with Crippen LogP contribution in [0.3, 0.4) is 0 Å². The van der Waals surface area contributed by atoms with E-state index in [4.69, 9.17) is 0 Å². The van der Waals surface area contributed by atoms with Crippen LogP contribution in [0.4, 0.5) is 0 Å². The van der Waals surface area contributed by atoms with E-state index < -0.39 is 5.60 Å². The van der Waals surface area contributed by atoms with Crippen LogP contribution in [0.2, 0.25) is 0 Å². The molecule has 0 radical (unpaired) electrons. The second-order valence-corrected chi connectivity index (χ2v) is 5.40. The molecule has 0 aromatic heterocycles. The number of hydrogen-bond acceptors (Lipinski definition) is 2. The third-order valence-electron chi connectivity index (χ3n) is 2.41. The van der Waals surface area contributed by atoms with Crippen molar-refractivity contribution in [2.24, 2.45) is 0 Å². The molecule has 0 fully saturated rings. The molecule has 1 rings (SSSR count). The van der Waals surface area contributed by atoms with Gasteiger partial charge in [-0.2, -0.15) is 0 Å². The molecule has 1 unspecified atom stereocenters. The smallest absolute Gasteiger partial charge is 0.0672 e. The molecule has 1 aromatic carbocycles. The quantitative estimate of drug-likeness (QED) is 0.816. The number of aliphatic hydroxyl groups is 1. The van der Waals surface area contributed by atoms with Crippen LogP contribution in [0.5, 0.6) is 0 Å². The first kappa shape index (κ1) is 12.9. The summed E-state index contributed by atoms with van der Waals surface area (Å²) in [7, 11) is 1.90. The van der Waals surface area contributed by atoms with Gasteiger partial charge in [0.2, 0.25) is 0 Å². The summed E-state index contributed by atoms with van der Waals surface area (Å²) in [5, 5.41) is 13.2.